The quantitative estimate of drug-likeness (QED) is 0.733. The summed E-state index contributed by atoms with van der Waals surface area (Å²) >= 11 is 1.54. The molecule has 7 nitrogen and oxygen atoms in total. The highest BCUT2D eigenvalue weighted by Crippen LogP contribution is 2.25. The molecule has 0 saturated heterocycles. The average molecular weight is 341 g/mol. The van der Waals surface area contributed by atoms with E-state index >= 15 is 0 Å². The van der Waals surface area contributed by atoms with E-state index < -0.39 is 6.23 Å². The van der Waals surface area contributed by atoms with E-state index in [-0.39, 0.29) is 5.91 Å². The van der Waals surface area contributed by atoms with Crippen LogP contribution in [-0.4, -0.2) is 38.0 Å². The van der Waals surface area contributed by atoms with E-state index in [1.807, 2.05) is 42.6 Å². The van der Waals surface area contributed by atoms with Crippen LogP contribution >= 0.6 is 11.3 Å². The molecule has 8 heteroatoms. The van der Waals surface area contributed by atoms with Crippen LogP contribution in [0.2, 0.25) is 0 Å². The molecule has 0 fully saturated rings. The van der Waals surface area contributed by atoms with E-state index in [1.54, 1.807) is 16.0 Å². The Morgan fingerprint density at radius 1 is 1.33 bits per heavy atom. The first-order chi connectivity index (χ1) is 11.6. The Morgan fingerprint density at radius 2 is 2.17 bits per heavy atom. The van der Waals surface area contributed by atoms with Crippen LogP contribution in [0.4, 0.5) is 0 Å². The monoisotopic (exact) mass is 341 g/mol. The van der Waals surface area contributed by atoms with Crippen LogP contribution in [0.5, 0.6) is 0 Å². The second kappa shape index (κ2) is 5.72. The Balaban J connectivity index is 1.63. The third kappa shape index (κ3) is 2.44. The molecule has 2 aromatic heterocycles. The van der Waals surface area contributed by atoms with Crippen LogP contribution < -0.4 is 0 Å². The average Bonchev–Trinajstić information content (AvgIpc) is 3.27. The number of hydrogen-bond acceptors (Lipinski definition) is 6. The van der Waals surface area contributed by atoms with Crippen LogP contribution in [0.25, 0.3) is 11.0 Å². The molecule has 0 radical (unpaired) electrons. The first kappa shape index (κ1) is 14.8. The molecule has 0 bridgehead atoms. The van der Waals surface area contributed by atoms with Gasteiger partial charge in [0.2, 0.25) is 12.1 Å². The summed E-state index contributed by atoms with van der Waals surface area (Å²) < 4.78 is 7.69. The summed E-state index contributed by atoms with van der Waals surface area (Å²) in [5.74, 6) is 0.306. The van der Waals surface area contributed by atoms with Crippen molar-refractivity contribution in [3.63, 3.8) is 0 Å². The normalized spacial score (nSPS) is 17.2. The van der Waals surface area contributed by atoms with Crippen molar-refractivity contribution in [1.29, 1.82) is 0 Å². The lowest BCUT2D eigenvalue weighted by Gasteiger charge is -2.18. The number of thiophene rings is 1. The van der Waals surface area contributed by atoms with Gasteiger partial charge in [-0.15, -0.1) is 21.5 Å². The Morgan fingerprint density at radius 3 is 2.92 bits per heavy atom. The van der Waals surface area contributed by atoms with Crippen molar-refractivity contribution in [2.75, 3.05) is 0 Å². The van der Waals surface area contributed by atoms with Gasteiger partial charge in [0.25, 0.3) is 5.90 Å². The predicted molar refractivity (Wildman–Crippen MR) is 90.5 cm³/mol. The Hall–Kier alpha value is -2.74. The molecule has 0 unspecified atom stereocenters. The highest BCUT2D eigenvalue weighted by atomic mass is 32.1. The fraction of sp³-hybridized carbons (Fsp3) is 0.250. The van der Waals surface area contributed by atoms with Crippen molar-refractivity contribution in [3.05, 3.63) is 46.2 Å². The number of aromatic nitrogens is 3. The number of carbonyl (C=O) groups excluding carboxylic acids is 1. The summed E-state index contributed by atoms with van der Waals surface area (Å²) in [4.78, 5) is 12.9. The van der Waals surface area contributed by atoms with Crippen LogP contribution in [0.15, 0.2) is 40.8 Å². The van der Waals surface area contributed by atoms with Crippen LogP contribution in [-0.2, 0) is 16.1 Å². The minimum atomic E-state index is -0.538. The molecule has 24 heavy (non-hydrogen) atoms. The summed E-state index contributed by atoms with van der Waals surface area (Å²) in [7, 11) is 0. The van der Waals surface area contributed by atoms with Crippen molar-refractivity contribution in [2.24, 2.45) is 5.10 Å². The maximum atomic E-state index is 11.9. The number of nitrogens with zero attached hydrogens (tertiary/aromatic N) is 5. The third-order valence-corrected chi connectivity index (χ3v) is 4.85. The first-order valence-corrected chi connectivity index (χ1v) is 8.39. The van der Waals surface area contributed by atoms with E-state index in [0.29, 0.717) is 12.4 Å². The molecule has 4 rings (SSSR count). The summed E-state index contributed by atoms with van der Waals surface area (Å²) in [6.07, 6.45) is -0.538. The topological polar surface area (TPSA) is 72.6 Å². The summed E-state index contributed by atoms with van der Waals surface area (Å²) in [5.41, 5.74) is 2.78. The van der Waals surface area contributed by atoms with Gasteiger partial charge in [-0.2, -0.15) is 5.01 Å². The van der Waals surface area contributed by atoms with Gasteiger partial charge in [-0.05, 0) is 36.1 Å². The molecule has 1 aliphatic rings. The van der Waals surface area contributed by atoms with Gasteiger partial charge in [0, 0.05) is 6.92 Å². The molecule has 1 atom stereocenters. The van der Waals surface area contributed by atoms with E-state index in [9.17, 15) is 4.79 Å². The molecular formula is C16H15N5O2S. The van der Waals surface area contributed by atoms with Gasteiger partial charge in [-0.1, -0.05) is 17.3 Å². The number of ether oxygens (including phenoxy) is 1. The zero-order valence-electron chi connectivity index (χ0n) is 13.2. The fourth-order valence-electron chi connectivity index (χ4n) is 2.64. The number of hydrogen-bond donors (Lipinski definition) is 0. The van der Waals surface area contributed by atoms with Crippen LogP contribution in [0, 0.1) is 6.92 Å². The number of benzene rings is 1. The Kier molecular flexibility index (Phi) is 3.53. The number of hydrazone groups is 1. The van der Waals surface area contributed by atoms with Crippen LogP contribution in [0.1, 0.15) is 17.4 Å². The van der Waals surface area contributed by atoms with Crippen molar-refractivity contribution in [1.82, 2.24) is 20.0 Å². The lowest BCUT2D eigenvalue weighted by Crippen LogP contribution is -2.35. The predicted octanol–water partition coefficient (Wildman–Crippen LogP) is 2.37. The molecular weight excluding hydrogens is 326 g/mol. The van der Waals surface area contributed by atoms with Crippen molar-refractivity contribution >= 4 is 34.2 Å². The molecule has 1 aromatic carbocycles. The van der Waals surface area contributed by atoms with Gasteiger partial charge in [-0.25, -0.2) is 4.68 Å². The SMILES string of the molecule is CC(=O)N1N=C(c2sccc2C)O[C@@H]1Cn1nnc2ccccc21. The van der Waals surface area contributed by atoms with Crippen molar-refractivity contribution < 1.29 is 9.53 Å². The molecule has 0 spiro atoms. The van der Waals surface area contributed by atoms with Gasteiger partial charge >= 0.3 is 0 Å². The fourth-order valence-corrected chi connectivity index (χ4v) is 3.50. The lowest BCUT2D eigenvalue weighted by atomic mass is 10.3. The van der Waals surface area contributed by atoms with Crippen molar-refractivity contribution in [2.45, 2.75) is 26.6 Å². The molecule has 122 valence electrons. The van der Waals surface area contributed by atoms with Gasteiger partial charge in [0.05, 0.1) is 10.4 Å². The molecule has 3 aromatic rings. The molecule has 0 saturated carbocycles. The zero-order chi connectivity index (χ0) is 16.7. The number of amides is 1. The van der Waals surface area contributed by atoms with E-state index in [4.69, 9.17) is 4.74 Å². The smallest absolute Gasteiger partial charge is 0.251 e. The lowest BCUT2D eigenvalue weighted by molar-refractivity contribution is -0.135. The molecule has 3 heterocycles. The summed E-state index contributed by atoms with van der Waals surface area (Å²) in [6.45, 7) is 3.83. The number of aryl methyl sites for hydroxylation is 1. The molecule has 0 N–H and O–H groups in total. The van der Waals surface area contributed by atoms with Crippen LogP contribution in [0.3, 0.4) is 0 Å². The van der Waals surface area contributed by atoms with Gasteiger partial charge in [0.15, 0.2) is 0 Å². The number of fused-ring (bicyclic) bond motifs is 1. The van der Waals surface area contributed by atoms with E-state index in [0.717, 1.165) is 21.5 Å². The maximum Gasteiger partial charge on any atom is 0.251 e. The molecule has 1 amide bonds. The molecule has 0 aliphatic carbocycles. The highest BCUT2D eigenvalue weighted by molar-refractivity contribution is 7.12. The van der Waals surface area contributed by atoms with Gasteiger partial charge < -0.3 is 4.74 Å². The van der Waals surface area contributed by atoms with Gasteiger partial charge in [0.1, 0.15) is 12.1 Å². The summed E-state index contributed by atoms with van der Waals surface area (Å²) in [5, 5.41) is 16.0. The van der Waals surface area contributed by atoms with E-state index in [1.165, 1.54) is 11.9 Å². The molecule has 1 aliphatic heterocycles. The summed E-state index contributed by atoms with van der Waals surface area (Å²) in [6, 6.07) is 9.68. The first-order valence-electron chi connectivity index (χ1n) is 7.51. The number of rotatable bonds is 3. The standard InChI is InChI=1S/C16H15N5O2S/c1-10-7-8-24-15(10)16-18-21(11(2)22)14(23-16)9-20-13-6-4-3-5-12(13)17-19-20/h3-8,14H,9H2,1-2H3/t14-/m1/s1. The van der Waals surface area contributed by atoms with Gasteiger partial charge in [-0.3, -0.25) is 4.79 Å². The van der Waals surface area contributed by atoms with Crippen molar-refractivity contribution in [3.8, 4) is 0 Å². The minimum Gasteiger partial charge on any atom is -0.447 e. The number of carbonyl (C=O) groups is 1. The minimum absolute atomic E-state index is 0.173. The highest BCUT2D eigenvalue weighted by Gasteiger charge is 2.33. The Labute approximate surface area is 142 Å². The second-order valence-electron chi connectivity index (χ2n) is 5.53. The number of para-hydroxylation sites is 1. The maximum absolute atomic E-state index is 11.9. The third-order valence-electron chi connectivity index (χ3n) is 3.85. The largest absolute Gasteiger partial charge is 0.447 e. The Bertz CT molecular complexity index is 945. The van der Waals surface area contributed by atoms with E-state index in [2.05, 4.69) is 15.4 Å². The zero-order valence-corrected chi connectivity index (χ0v) is 14.0. The second-order valence-corrected chi connectivity index (χ2v) is 6.45.